The Morgan fingerprint density at radius 3 is 2.48 bits per heavy atom. The van der Waals surface area contributed by atoms with E-state index in [1.54, 1.807) is 19.1 Å². The Kier molecular flexibility index (Phi) is 5.86. The molecule has 0 radical (unpaired) electrons. The van der Waals surface area contributed by atoms with E-state index in [0.717, 1.165) is 11.3 Å². The van der Waals surface area contributed by atoms with Gasteiger partial charge in [-0.15, -0.1) is 0 Å². The zero-order valence-corrected chi connectivity index (χ0v) is 13.4. The third-order valence-electron chi connectivity index (χ3n) is 3.24. The van der Waals surface area contributed by atoms with Gasteiger partial charge in [-0.3, -0.25) is 9.59 Å². The lowest BCUT2D eigenvalue weighted by atomic mass is 10.2. The van der Waals surface area contributed by atoms with Crippen molar-refractivity contribution in [1.82, 2.24) is 9.88 Å². The SMILES string of the molecule is CCOC(=O)CN(Cc1ccccc1)C(=O)c1cccc(C)n1. The van der Waals surface area contributed by atoms with Gasteiger partial charge in [0.2, 0.25) is 0 Å². The van der Waals surface area contributed by atoms with Crippen molar-refractivity contribution in [1.29, 1.82) is 0 Å². The van der Waals surface area contributed by atoms with Crippen LogP contribution in [0.25, 0.3) is 0 Å². The zero-order chi connectivity index (χ0) is 16.7. The predicted molar refractivity (Wildman–Crippen MR) is 86.8 cm³/mol. The zero-order valence-electron chi connectivity index (χ0n) is 13.4. The molecule has 5 nitrogen and oxygen atoms in total. The number of benzene rings is 1. The van der Waals surface area contributed by atoms with E-state index >= 15 is 0 Å². The molecule has 5 heteroatoms. The van der Waals surface area contributed by atoms with Crippen LogP contribution >= 0.6 is 0 Å². The average molecular weight is 312 g/mol. The first-order valence-electron chi connectivity index (χ1n) is 7.52. The van der Waals surface area contributed by atoms with Crippen molar-refractivity contribution in [2.75, 3.05) is 13.2 Å². The number of nitrogens with zero attached hydrogens (tertiary/aromatic N) is 2. The maximum Gasteiger partial charge on any atom is 0.325 e. The lowest BCUT2D eigenvalue weighted by molar-refractivity contribution is -0.143. The molecular weight excluding hydrogens is 292 g/mol. The number of amides is 1. The first kappa shape index (κ1) is 16.7. The highest BCUT2D eigenvalue weighted by molar-refractivity contribution is 5.94. The molecule has 1 aromatic heterocycles. The van der Waals surface area contributed by atoms with Crippen LogP contribution in [0.3, 0.4) is 0 Å². The number of carbonyl (C=O) groups excluding carboxylic acids is 2. The number of carbonyl (C=O) groups is 2. The van der Waals surface area contributed by atoms with Gasteiger partial charge in [0.15, 0.2) is 0 Å². The normalized spacial score (nSPS) is 10.2. The largest absolute Gasteiger partial charge is 0.465 e. The molecule has 0 fully saturated rings. The van der Waals surface area contributed by atoms with Gasteiger partial charge >= 0.3 is 5.97 Å². The fourth-order valence-corrected chi connectivity index (χ4v) is 2.19. The third-order valence-corrected chi connectivity index (χ3v) is 3.24. The number of esters is 1. The maximum absolute atomic E-state index is 12.7. The molecule has 0 unspecified atom stereocenters. The van der Waals surface area contributed by atoms with Gasteiger partial charge in [-0.25, -0.2) is 4.98 Å². The minimum atomic E-state index is -0.426. The molecule has 0 N–H and O–H groups in total. The molecule has 1 aromatic carbocycles. The Labute approximate surface area is 135 Å². The van der Waals surface area contributed by atoms with Crippen molar-refractivity contribution >= 4 is 11.9 Å². The van der Waals surface area contributed by atoms with Crippen LogP contribution in [0.2, 0.25) is 0 Å². The van der Waals surface area contributed by atoms with Crippen LogP contribution < -0.4 is 0 Å². The van der Waals surface area contributed by atoms with Gasteiger partial charge < -0.3 is 9.64 Å². The molecule has 2 rings (SSSR count). The predicted octanol–water partition coefficient (Wildman–Crippen LogP) is 2.60. The van der Waals surface area contributed by atoms with E-state index in [0.29, 0.717) is 12.2 Å². The molecule has 0 saturated carbocycles. The van der Waals surface area contributed by atoms with Crippen molar-refractivity contribution in [2.24, 2.45) is 0 Å². The highest BCUT2D eigenvalue weighted by atomic mass is 16.5. The van der Waals surface area contributed by atoms with Gasteiger partial charge in [-0.2, -0.15) is 0 Å². The molecule has 120 valence electrons. The Morgan fingerprint density at radius 1 is 1.09 bits per heavy atom. The number of ether oxygens (including phenoxy) is 1. The smallest absolute Gasteiger partial charge is 0.325 e. The van der Waals surface area contributed by atoms with Gasteiger partial charge in [0.05, 0.1) is 6.61 Å². The number of pyridine rings is 1. The fourth-order valence-electron chi connectivity index (χ4n) is 2.19. The highest BCUT2D eigenvalue weighted by Gasteiger charge is 2.21. The van der Waals surface area contributed by atoms with Gasteiger partial charge in [-0.1, -0.05) is 36.4 Å². The van der Waals surface area contributed by atoms with E-state index in [4.69, 9.17) is 4.74 Å². The van der Waals surface area contributed by atoms with Crippen LogP contribution in [0.4, 0.5) is 0 Å². The van der Waals surface area contributed by atoms with Crippen LogP contribution in [0.1, 0.15) is 28.7 Å². The summed E-state index contributed by atoms with van der Waals surface area (Å²) in [6, 6.07) is 14.8. The number of hydrogen-bond acceptors (Lipinski definition) is 4. The lowest BCUT2D eigenvalue weighted by Gasteiger charge is -2.21. The molecule has 0 saturated heterocycles. The van der Waals surface area contributed by atoms with Crippen LogP contribution in [-0.4, -0.2) is 34.9 Å². The summed E-state index contributed by atoms with van der Waals surface area (Å²) in [6.07, 6.45) is 0. The second-order valence-electron chi connectivity index (χ2n) is 5.12. The van der Waals surface area contributed by atoms with E-state index < -0.39 is 5.97 Å². The topological polar surface area (TPSA) is 59.5 Å². The summed E-state index contributed by atoms with van der Waals surface area (Å²) in [7, 11) is 0. The van der Waals surface area contributed by atoms with Crippen LogP contribution in [0.15, 0.2) is 48.5 Å². The summed E-state index contributed by atoms with van der Waals surface area (Å²) in [6.45, 7) is 4.08. The first-order valence-corrected chi connectivity index (χ1v) is 7.52. The Morgan fingerprint density at radius 2 is 1.83 bits per heavy atom. The van der Waals surface area contributed by atoms with Gasteiger partial charge in [0.25, 0.3) is 5.91 Å². The Hall–Kier alpha value is -2.69. The maximum atomic E-state index is 12.7. The van der Waals surface area contributed by atoms with Gasteiger partial charge in [0.1, 0.15) is 12.2 Å². The fraction of sp³-hybridized carbons (Fsp3) is 0.278. The quantitative estimate of drug-likeness (QED) is 0.769. The number of rotatable bonds is 6. The van der Waals surface area contributed by atoms with Gasteiger partial charge in [-0.05, 0) is 31.5 Å². The summed E-state index contributed by atoms with van der Waals surface area (Å²) in [5, 5.41) is 0. The van der Waals surface area contributed by atoms with E-state index in [1.165, 1.54) is 4.90 Å². The molecule has 0 aliphatic rings. The minimum Gasteiger partial charge on any atom is -0.465 e. The monoisotopic (exact) mass is 312 g/mol. The molecule has 1 amide bonds. The summed E-state index contributed by atoms with van der Waals surface area (Å²) < 4.78 is 4.97. The number of aryl methyl sites for hydroxylation is 1. The van der Waals surface area contributed by atoms with Crippen molar-refractivity contribution in [3.8, 4) is 0 Å². The number of aromatic nitrogens is 1. The van der Waals surface area contributed by atoms with E-state index in [-0.39, 0.29) is 19.1 Å². The molecular formula is C18H20N2O3. The number of hydrogen-bond donors (Lipinski definition) is 0. The molecule has 23 heavy (non-hydrogen) atoms. The van der Waals surface area contributed by atoms with Crippen molar-refractivity contribution in [3.05, 3.63) is 65.5 Å². The van der Waals surface area contributed by atoms with Crippen molar-refractivity contribution in [3.63, 3.8) is 0 Å². The highest BCUT2D eigenvalue weighted by Crippen LogP contribution is 2.10. The molecule has 0 aliphatic carbocycles. The van der Waals surface area contributed by atoms with Crippen molar-refractivity contribution in [2.45, 2.75) is 20.4 Å². The molecule has 0 atom stereocenters. The summed E-state index contributed by atoms with van der Waals surface area (Å²) in [5.41, 5.74) is 2.02. The molecule has 0 bridgehead atoms. The van der Waals surface area contributed by atoms with Crippen LogP contribution in [-0.2, 0) is 16.1 Å². The lowest BCUT2D eigenvalue weighted by Crippen LogP contribution is -2.36. The molecule has 2 aromatic rings. The Balaban J connectivity index is 2.21. The second kappa shape index (κ2) is 8.08. The molecule has 0 aliphatic heterocycles. The molecule has 1 heterocycles. The van der Waals surface area contributed by atoms with Gasteiger partial charge in [0, 0.05) is 12.2 Å². The average Bonchev–Trinajstić information content (AvgIpc) is 2.55. The summed E-state index contributed by atoms with van der Waals surface area (Å²) in [4.78, 5) is 30.2. The van der Waals surface area contributed by atoms with E-state index in [2.05, 4.69) is 4.98 Å². The summed E-state index contributed by atoms with van der Waals surface area (Å²) >= 11 is 0. The Bertz CT molecular complexity index is 671. The first-order chi connectivity index (χ1) is 11.1. The van der Waals surface area contributed by atoms with Crippen LogP contribution in [0, 0.1) is 6.92 Å². The third kappa shape index (κ3) is 4.92. The standard InChI is InChI=1S/C18H20N2O3/c1-3-23-17(21)13-20(12-15-9-5-4-6-10-15)18(22)16-11-7-8-14(2)19-16/h4-11H,3,12-13H2,1-2H3. The second-order valence-corrected chi connectivity index (χ2v) is 5.12. The minimum absolute atomic E-state index is 0.100. The van der Waals surface area contributed by atoms with Crippen LogP contribution in [0.5, 0.6) is 0 Å². The van der Waals surface area contributed by atoms with E-state index in [9.17, 15) is 9.59 Å². The summed E-state index contributed by atoms with van der Waals surface area (Å²) in [5.74, 6) is -0.713. The molecule has 0 spiro atoms. The van der Waals surface area contributed by atoms with Crippen molar-refractivity contribution < 1.29 is 14.3 Å². The van der Waals surface area contributed by atoms with E-state index in [1.807, 2.05) is 43.3 Å².